The van der Waals surface area contributed by atoms with Gasteiger partial charge >= 0.3 is 11.9 Å². The van der Waals surface area contributed by atoms with Crippen molar-refractivity contribution in [2.45, 2.75) is 19.8 Å². The largest absolute Gasteiger partial charge is 0.428 e. The second-order valence-corrected chi connectivity index (χ2v) is 5.04. The second kappa shape index (κ2) is 7.54. The van der Waals surface area contributed by atoms with Crippen LogP contribution in [0.2, 0.25) is 0 Å². The number of esters is 2. The van der Waals surface area contributed by atoms with Crippen LogP contribution < -0.4 is 0 Å². The minimum atomic E-state index is -0.796. The van der Waals surface area contributed by atoms with Crippen LogP contribution in [0.5, 0.6) is 0 Å². The van der Waals surface area contributed by atoms with Gasteiger partial charge in [0.2, 0.25) is 6.79 Å². The van der Waals surface area contributed by atoms with Gasteiger partial charge < -0.3 is 9.47 Å². The molecule has 0 radical (unpaired) electrons. The normalized spacial score (nSPS) is 11.6. The molecular weight excluding hydrogens is 299 g/mol. The maximum atomic E-state index is 14.3. The molecule has 0 aromatic heterocycles. The summed E-state index contributed by atoms with van der Waals surface area (Å²) in [6, 6.07) is 14.1. The van der Waals surface area contributed by atoms with E-state index in [-0.39, 0.29) is 5.56 Å². The molecule has 2 aromatic rings. The van der Waals surface area contributed by atoms with E-state index in [1.54, 1.807) is 12.1 Å². The highest BCUT2D eigenvalue weighted by Gasteiger charge is 2.21. The molecule has 2 rings (SSSR count). The summed E-state index contributed by atoms with van der Waals surface area (Å²) in [6.45, 7) is 2.28. The highest BCUT2D eigenvalue weighted by molar-refractivity contribution is 5.78. The summed E-state index contributed by atoms with van der Waals surface area (Å²) in [5.41, 5.74) is 1.85. The molecule has 0 saturated carbocycles. The van der Waals surface area contributed by atoms with Crippen LogP contribution in [0.4, 0.5) is 4.39 Å². The monoisotopic (exact) mass is 316 g/mol. The third-order valence-corrected chi connectivity index (χ3v) is 3.39. The molecule has 0 bridgehead atoms. The van der Waals surface area contributed by atoms with Gasteiger partial charge in [-0.2, -0.15) is 0 Å². The third kappa shape index (κ3) is 4.39. The Morgan fingerprint density at radius 3 is 2.35 bits per heavy atom. The topological polar surface area (TPSA) is 52.6 Å². The highest BCUT2D eigenvalue weighted by Crippen LogP contribution is 2.26. The minimum absolute atomic E-state index is 0.234. The summed E-state index contributed by atoms with van der Waals surface area (Å²) in [5.74, 6) is -2.49. The van der Waals surface area contributed by atoms with Gasteiger partial charge in [0.05, 0.1) is 5.92 Å². The molecular formula is C18H17FO4. The Hall–Kier alpha value is -2.69. The first-order chi connectivity index (χ1) is 11.0. The molecule has 0 spiro atoms. The summed E-state index contributed by atoms with van der Waals surface area (Å²) in [4.78, 5) is 22.5. The number of rotatable bonds is 5. The lowest BCUT2D eigenvalue weighted by Crippen LogP contribution is -2.17. The van der Waals surface area contributed by atoms with Crippen molar-refractivity contribution in [1.82, 2.24) is 0 Å². The Morgan fingerprint density at radius 1 is 1.04 bits per heavy atom. The quantitative estimate of drug-likeness (QED) is 0.624. The van der Waals surface area contributed by atoms with Crippen molar-refractivity contribution in [3.8, 4) is 11.1 Å². The highest BCUT2D eigenvalue weighted by atomic mass is 19.1. The lowest BCUT2D eigenvalue weighted by atomic mass is 9.97. The van der Waals surface area contributed by atoms with Crippen molar-refractivity contribution in [1.29, 1.82) is 0 Å². The Morgan fingerprint density at radius 2 is 1.74 bits per heavy atom. The fraction of sp³-hybridized carbons (Fsp3) is 0.222. The van der Waals surface area contributed by atoms with Gasteiger partial charge in [0, 0.05) is 12.5 Å². The molecule has 0 aliphatic carbocycles. The van der Waals surface area contributed by atoms with Crippen molar-refractivity contribution in [2.24, 2.45) is 0 Å². The van der Waals surface area contributed by atoms with E-state index in [0.717, 1.165) is 11.1 Å². The van der Waals surface area contributed by atoms with Crippen LogP contribution in [-0.4, -0.2) is 18.7 Å². The maximum Gasteiger partial charge on any atom is 0.316 e. The number of benzene rings is 2. The molecule has 4 nitrogen and oxygen atoms in total. The Kier molecular flexibility index (Phi) is 5.46. The molecule has 23 heavy (non-hydrogen) atoms. The van der Waals surface area contributed by atoms with Crippen molar-refractivity contribution in [3.05, 3.63) is 59.9 Å². The molecule has 0 heterocycles. The van der Waals surface area contributed by atoms with Crippen LogP contribution in [0.15, 0.2) is 48.5 Å². The number of hydrogen-bond acceptors (Lipinski definition) is 4. The summed E-state index contributed by atoms with van der Waals surface area (Å²) < 4.78 is 23.6. The summed E-state index contributed by atoms with van der Waals surface area (Å²) in [5, 5.41) is 0. The van der Waals surface area contributed by atoms with E-state index >= 15 is 0 Å². The average Bonchev–Trinajstić information content (AvgIpc) is 2.54. The van der Waals surface area contributed by atoms with E-state index < -0.39 is 30.5 Å². The maximum absolute atomic E-state index is 14.3. The molecule has 2 aromatic carbocycles. The van der Waals surface area contributed by atoms with Crippen molar-refractivity contribution < 1.29 is 23.5 Å². The van der Waals surface area contributed by atoms with Crippen LogP contribution in [0.3, 0.4) is 0 Å². The predicted octanol–water partition coefficient (Wildman–Crippen LogP) is 3.66. The van der Waals surface area contributed by atoms with Gasteiger partial charge in [-0.1, -0.05) is 42.5 Å². The smallest absolute Gasteiger partial charge is 0.316 e. The van der Waals surface area contributed by atoms with E-state index in [4.69, 9.17) is 4.74 Å². The average molecular weight is 316 g/mol. The van der Waals surface area contributed by atoms with Crippen LogP contribution in [0.25, 0.3) is 11.1 Å². The van der Waals surface area contributed by atoms with Gasteiger partial charge in [-0.15, -0.1) is 0 Å². The first kappa shape index (κ1) is 16.7. The molecule has 120 valence electrons. The molecule has 0 saturated heterocycles. The fourth-order valence-electron chi connectivity index (χ4n) is 2.11. The first-order valence-corrected chi connectivity index (χ1v) is 7.14. The first-order valence-electron chi connectivity index (χ1n) is 7.14. The third-order valence-electron chi connectivity index (χ3n) is 3.39. The lowest BCUT2D eigenvalue weighted by molar-refractivity contribution is -0.166. The Balaban J connectivity index is 2.11. The number of ether oxygens (including phenoxy) is 2. The van der Waals surface area contributed by atoms with E-state index in [9.17, 15) is 14.0 Å². The van der Waals surface area contributed by atoms with E-state index in [1.165, 1.54) is 19.9 Å². The Labute approximate surface area is 133 Å². The number of carbonyl (C=O) groups is 2. The standard InChI is InChI=1S/C18H17FO4/c1-12(18(21)23-11-22-13(2)20)16-9-8-15(10-17(16)19)14-6-4-3-5-7-14/h3-10,12H,11H2,1-2H3/t12-/m1/s1. The predicted molar refractivity (Wildman–Crippen MR) is 83.0 cm³/mol. The van der Waals surface area contributed by atoms with Gasteiger partial charge in [0.25, 0.3) is 0 Å². The second-order valence-electron chi connectivity index (χ2n) is 5.04. The van der Waals surface area contributed by atoms with Gasteiger partial charge in [-0.3, -0.25) is 9.59 Å². The molecule has 0 fully saturated rings. The molecule has 0 aliphatic rings. The van der Waals surface area contributed by atoms with Crippen LogP contribution in [0.1, 0.15) is 25.3 Å². The van der Waals surface area contributed by atoms with Gasteiger partial charge in [0.1, 0.15) is 5.82 Å². The summed E-state index contributed by atoms with van der Waals surface area (Å²) in [7, 11) is 0. The van der Waals surface area contributed by atoms with Crippen molar-refractivity contribution >= 4 is 11.9 Å². The molecule has 0 amide bonds. The number of carbonyl (C=O) groups excluding carboxylic acids is 2. The molecule has 1 atom stereocenters. The molecule has 0 unspecified atom stereocenters. The molecule has 0 aliphatic heterocycles. The summed E-state index contributed by atoms with van der Waals surface area (Å²) >= 11 is 0. The van der Waals surface area contributed by atoms with Gasteiger partial charge in [-0.05, 0) is 24.1 Å². The minimum Gasteiger partial charge on any atom is -0.428 e. The van der Waals surface area contributed by atoms with Crippen LogP contribution >= 0.6 is 0 Å². The van der Waals surface area contributed by atoms with Gasteiger partial charge in [0.15, 0.2) is 0 Å². The van der Waals surface area contributed by atoms with Crippen molar-refractivity contribution in [2.75, 3.05) is 6.79 Å². The molecule has 0 N–H and O–H groups in total. The molecule has 5 heteroatoms. The van der Waals surface area contributed by atoms with Crippen LogP contribution in [-0.2, 0) is 19.1 Å². The zero-order chi connectivity index (χ0) is 16.8. The summed E-state index contributed by atoms with van der Waals surface area (Å²) in [6.07, 6.45) is 0. The lowest BCUT2D eigenvalue weighted by Gasteiger charge is -2.13. The van der Waals surface area contributed by atoms with Gasteiger partial charge in [-0.25, -0.2) is 4.39 Å². The zero-order valence-electron chi connectivity index (χ0n) is 12.9. The van der Waals surface area contributed by atoms with E-state index in [1.807, 2.05) is 30.3 Å². The van der Waals surface area contributed by atoms with E-state index in [0.29, 0.717) is 0 Å². The number of halogens is 1. The SMILES string of the molecule is CC(=O)OCOC(=O)[C@H](C)c1ccc(-c2ccccc2)cc1F. The Bertz CT molecular complexity index is 697. The van der Waals surface area contributed by atoms with Crippen molar-refractivity contribution in [3.63, 3.8) is 0 Å². The van der Waals surface area contributed by atoms with Crippen LogP contribution in [0, 0.1) is 5.82 Å². The fourth-order valence-corrected chi connectivity index (χ4v) is 2.11. The number of hydrogen-bond donors (Lipinski definition) is 0. The zero-order valence-corrected chi connectivity index (χ0v) is 12.9. The van der Waals surface area contributed by atoms with E-state index in [2.05, 4.69) is 4.74 Å².